The van der Waals surface area contributed by atoms with Crippen LogP contribution in [0.15, 0.2) is 0 Å². The summed E-state index contributed by atoms with van der Waals surface area (Å²) in [4.78, 5) is 33.9. The van der Waals surface area contributed by atoms with E-state index >= 15 is 0 Å². The van der Waals surface area contributed by atoms with Crippen LogP contribution in [0.2, 0.25) is 0 Å². The third-order valence-corrected chi connectivity index (χ3v) is 4.20. The molecule has 0 unspecified atom stereocenters. The Morgan fingerprint density at radius 3 is 2.29 bits per heavy atom. The predicted octanol–water partition coefficient (Wildman–Crippen LogP) is 0.121. The monoisotopic (exact) mass is 299 g/mol. The van der Waals surface area contributed by atoms with Gasteiger partial charge in [-0.3, -0.25) is 9.59 Å². The molecule has 0 bridgehead atoms. The lowest BCUT2D eigenvalue weighted by molar-refractivity contribution is -0.142. The van der Waals surface area contributed by atoms with Gasteiger partial charge >= 0.3 is 5.97 Å². The van der Waals surface area contributed by atoms with Crippen LogP contribution in [0.25, 0.3) is 0 Å². The quantitative estimate of drug-likeness (QED) is 0.505. The first-order valence-electron chi connectivity index (χ1n) is 7.39. The second-order valence-corrected chi connectivity index (χ2v) is 5.90. The van der Waals surface area contributed by atoms with Gasteiger partial charge in [-0.15, -0.1) is 0 Å². The Hall–Kier alpha value is -1.63. The molecule has 7 heteroatoms. The third kappa shape index (κ3) is 5.71. The van der Waals surface area contributed by atoms with Gasteiger partial charge in [-0.05, 0) is 31.2 Å². The topological polar surface area (TPSA) is 136 Å². The zero-order valence-electron chi connectivity index (χ0n) is 12.3. The fraction of sp³-hybridized carbons (Fsp3) is 0.786. The second kappa shape index (κ2) is 7.97. The smallest absolute Gasteiger partial charge is 0.326 e. The normalized spacial score (nSPS) is 18.7. The molecule has 120 valence electrons. The number of carbonyl (C=O) groups is 3. The van der Waals surface area contributed by atoms with Crippen molar-refractivity contribution in [2.45, 2.75) is 57.4 Å². The van der Waals surface area contributed by atoms with Crippen molar-refractivity contribution in [3.05, 3.63) is 0 Å². The molecule has 0 aromatic rings. The molecule has 1 atom stereocenters. The molecule has 1 saturated carbocycles. The summed E-state index contributed by atoms with van der Waals surface area (Å²) in [5.74, 6) is -2.06. The van der Waals surface area contributed by atoms with Crippen molar-refractivity contribution in [2.75, 3.05) is 6.54 Å². The molecule has 7 nitrogen and oxygen atoms in total. The SMILES string of the molecule is NCC1(CC(=O)N[C@@H](CCC(N)=O)C(=O)O)CCCCC1. The Bertz CT molecular complexity index is 392. The predicted molar refractivity (Wildman–Crippen MR) is 77.2 cm³/mol. The number of carboxylic acid groups (broad SMARTS) is 1. The molecule has 0 radical (unpaired) electrons. The van der Waals surface area contributed by atoms with E-state index in [2.05, 4.69) is 5.32 Å². The van der Waals surface area contributed by atoms with E-state index < -0.39 is 17.9 Å². The van der Waals surface area contributed by atoms with Crippen molar-refractivity contribution in [2.24, 2.45) is 16.9 Å². The molecular formula is C14H25N3O4. The van der Waals surface area contributed by atoms with Gasteiger partial charge in [0.25, 0.3) is 0 Å². The van der Waals surface area contributed by atoms with Crippen LogP contribution < -0.4 is 16.8 Å². The minimum atomic E-state index is -1.16. The van der Waals surface area contributed by atoms with Gasteiger partial charge in [0.1, 0.15) is 6.04 Å². The summed E-state index contributed by atoms with van der Waals surface area (Å²) < 4.78 is 0. The van der Waals surface area contributed by atoms with Crippen molar-refractivity contribution in [3.63, 3.8) is 0 Å². The number of amides is 2. The number of aliphatic carboxylic acids is 1. The number of nitrogens with two attached hydrogens (primary N) is 2. The Morgan fingerprint density at radius 2 is 1.81 bits per heavy atom. The van der Waals surface area contributed by atoms with Gasteiger partial charge in [0.15, 0.2) is 0 Å². The largest absolute Gasteiger partial charge is 0.480 e. The molecule has 1 aliphatic rings. The van der Waals surface area contributed by atoms with Crippen LogP contribution in [0, 0.1) is 5.41 Å². The Morgan fingerprint density at radius 1 is 1.19 bits per heavy atom. The lowest BCUT2D eigenvalue weighted by atomic mass is 9.71. The minimum Gasteiger partial charge on any atom is -0.480 e. The molecule has 0 heterocycles. The van der Waals surface area contributed by atoms with Crippen LogP contribution in [0.5, 0.6) is 0 Å². The van der Waals surface area contributed by atoms with Gasteiger partial charge in [-0.25, -0.2) is 4.79 Å². The van der Waals surface area contributed by atoms with Crippen LogP contribution >= 0.6 is 0 Å². The van der Waals surface area contributed by atoms with Crippen LogP contribution in [0.1, 0.15) is 51.4 Å². The Kier molecular flexibility index (Phi) is 6.61. The van der Waals surface area contributed by atoms with Crippen molar-refractivity contribution in [3.8, 4) is 0 Å². The molecule has 21 heavy (non-hydrogen) atoms. The van der Waals surface area contributed by atoms with Gasteiger partial charge < -0.3 is 21.9 Å². The number of carboxylic acids is 1. The van der Waals surface area contributed by atoms with Crippen LogP contribution in [0.4, 0.5) is 0 Å². The van der Waals surface area contributed by atoms with Crippen molar-refractivity contribution in [1.29, 1.82) is 0 Å². The lowest BCUT2D eigenvalue weighted by Crippen LogP contribution is -2.45. The van der Waals surface area contributed by atoms with Gasteiger partial charge in [0, 0.05) is 12.8 Å². The summed E-state index contributed by atoms with van der Waals surface area (Å²) in [5.41, 5.74) is 10.6. The van der Waals surface area contributed by atoms with E-state index in [1.165, 1.54) is 0 Å². The molecule has 2 amide bonds. The molecule has 0 saturated heterocycles. The van der Waals surface area contributed by atoms with Crippen LogP contribution in [0.3, 0.4) is 0 Å². The number of nitrogens with one attached hydrogen (secondary N) is 1. The van der Waals surface area contributed by atoms with E-state index in [0.717, 1.165) is 32.1 Å². The van der Waals surface area contributed by atoms with Gasteiger partial charge in [0.05, 0.1) is 0 Å². The summed E-state index contributed by atoms with van der Waals surface area (Å²) in [5, 5.41) is 11.5. The summed E-state index contributed by atoms with van der Waals surface area (Å²) in [7, 11) is 0. The van der Waals surface area contributed by atoms with Crippen LogP contribution in [-0.4, -0.2) is 35.5 Å². The zero-order chi connectivity index (χ0) is 15.9. The third-order valence-electron chi connectivity index (χ3n) is 4.20. The average molecular weight is 299 g/mol. The standard InChI is InChI=1S/C14H25N3O4/c15-9-14(6-2-1-3-7-14)8-12(19)17-10(13(20)21)4-5-11(16)18/h10H,1-9,15H2,(H2,16,18)(H,17,19)(H,20,21)/t10-/m0/s1. The molecule has 6 N–H and O–H groups in total. The highest BCUT2D eigenvalue weighted by molar-refractivity contribution is 5.84. The van der Waals surface area contributed by atoms with E-state index in [1.807, 2.05) is 0 Å². The minimum absolute atomic E-state index is 0.00598. The molecular weight excluding hydrogens is 274 g/mol. The highest BCUT2D eigenvalue weighted by atomic mass is 16.4. The number of primary amides is 1. The fourth-order valence-electron chi connectivity index (χ4n) is 2.88. The summed E-state index contributed by atoms with van der Waals surface area (Å²) in [6.45, 7) is 0.430. The maximum atomic E-state index is 12.1. The Labute approximate surface area is 124 Å². The van der Waals surface area contributed by atoms with Crippen molar-refractivity contribution in [1.82, 2.24) is 5.32 Å². The van der Waals surface area contributed by atoms with E-state index in [1.54, 1.807) is 0 Å². The molecule has 1 rings (SSSR count). The van der Waals surface area contributed by atoms with E-state index in [0.29, 0.717) is 6.54 Å². The first-order valence-corrected chi connectivity index (χ1v) is 7.39. The molecule has 0 aliphatic heterocycles. The summed E-state index contributed by atoms with van der Waals surface area (Å²) in [6, 6.07) is -1.08. The first-order chi connectivity index (χ1) is 9.88. The number of rotatable bonds is 8. The average Bonchev–Trinajstić information content (AvgIpc) is 2.43. The maximum absolute atomic E-state index is 12.1. The van der Waals surface area contributed by atoms with E-state index in [-0.39, 0.29) is 30.6 Å². The number of hydrogen-bond acceptors (Lipinski definition) is 4. The number of hydrogen-bond donors (Lipinski definition) is 4. The van der Waals surface area contributed by atoms with Gasteiger partial charge in [-0.2, -0.15) is 0 Å². The van der Waals surface area contributed by atoms with Gasteiger partial charge in [0.2, 0.25) is 11.8 Å². The summed E-state index contributed by atoms with van der Waals surface area (Å²) in [6.07, 6.45) is 5.23. The van der Waals surface area contributed by atoms with Crippen LogP contribution in [-0.2, 0) is 14.4 Å². The molecule has 0 aromatic heterocycles. The lowest BCUT2D eigenvalue weighted by Gasteiger charge is -2.35. The van der Waals surface area contributed by atoms with E-state index in [9.17, 15) is 14.4 Å². The molecule has 0 spiro atoms. The fourth-order valence-corrected chi connectivity index (χ4v) is 2.88. The first kappa shape index (κ1) is 17.4. The summed E-state index contributed by atoms with van der Waals surface area (Å²) >= 11 is 0. The Balaban J connectivity index is 2.56. The zero-order valence-corrected chi connectivity index (χ0v) is 12.3. The van der Waals surface area contributed by atoms with Gasteiger partial charge in [-0.1, -0.05) is 19.3 Å². The van der Waals surface area contributed by atoms with E-state index in [4.69, 9.17) is 16.6 Å². The number of carbonyl (C=O) groups excluding carboxylic acids is 2. The molecule has 1 fully saturated rings. The van der Waals surface area contributed by atoms with Crippen molar-refractivity contribution < 1.29 is 19.5 Å². The second-order valence-electron chi connectivity index (χ2n) is 5.90. The molecule has 0 aromatic carbocycles. The highest BCUT2D eigenvalue weighted by Gasteiger charge is 2.34. The maximum Gasteiger partial charge on any atom is 0.326 e. The van der Waals surface area contributed by atoms with Crippen molar-refractivity contribution >= 4 is 17.8 Å². The molecule has 1 aliphatic carbocycles. The highest BCUT2D eigenvalue weighted by Crippen LogP contribution is 2.38.